The van der Waals surface area contributed by atoms with Crippen LogP contribution in [0.3, 0.4) is 0 Å². The Balaban J connectivity index is 1.44. The normalized spacial score (nSPS) is 13.5. The second-order valence-corrected chi connectivity index (χ2v) is 7.53. The van der Waals surface area contributed by atoms with Gasteiger partial charge in [0.05, 0.1) is 5.52 Å². The SMILES string of the molecule is CC(=O)c1ccc(OCC(=O)N2CCc3[nH]c4c(Br)cccc4c3C2)cc1. The monoisotopic (exact) mass is 426 g/mol. The summed E-state index contributed by atoms with van der Waals surface area (Å²) < 4.78 is 6.65. The molecule has 1 N–H and O–H groups in total. The molecule has 3 aromatic rings. The average molecular weight is 427 g/mol. The molecule has 0 atom stereocenters. The number of fused-ring (bicyclic) bond motifs is 3. The highest BCUT2D eigenvalue weighted by molar-refractivity contribution is 9.10. The van der Waals surface area contributed by atoms with Gasteiger partial charge in [0, 0.05) is 46.2 Å². The molecule has 0 spiro atoms. The van der Waals surface area contributed by atoms with Crippen LogP contribution in [0.25, 0.3) is 10.9 Å². The minimum absolute atomic E-state index is 0.00659. The fourth-order valence-corrected chi connectivity index (χ4v) is 3.90. The van der Waals surface area contributed by atoms with Gasteiger partial charge in [-0.05, 0) is 53.2 Å². The van der Waals surface area contributed by atoms with Crippen molar-refractivity contribution < 1.29 is 14.3 Å². The number of halogens is 1. The fourth-order valence-electron chi connectivity index (χ4n) is 3.44. The van der Waals surface area contributed by atoms with E-state index in [1.165, 1.54) is 18.2 Å². The summed E-state index contributed by atoms with van der Waals surface area (Å²) in [6.07, 6.45) is 0.801. The van der Waals surface area contributed by atoms with Crippen LogP contribution in [-0.2, 0) is 17.8 Å². The summed E-state index contributed by atoms with van der Waals surface area (Å²) in [6, 6.07) is 13.0. The van der Waals surface area contributed by atoms with Crippen molar-refractivity contribution in [2.24, 2.45) is 0 Å². The number of rotatable bonds is 4. The van der Waals surface area contributed by atoms with Crippen LogP contribution in [-0.4, -0.2) is 34.7 Å². The molecule has 138 valence electrons. The third-order valence-corrected chi connectivity index (χ3v) is 5.60. The van der Waals surface area contributed by atoms with Crippen LogP contribution in [0.15, 0.2) is 46.9 Å². The van der Waals surface area contributed by atoms with Crippen molar-refractivity contribution in [3.63, 3.8) is 0 Å². The van der Waals surface area contributed by atoms with Gasteiger partial charge in [-0.15, -0.1) is 0 Å². The molecule has 6 heteroatoms. The number of para-hydroxylation sites is 1. The zero-order valence-electron chi connectivity index (χ0n) is 14.9. The van der Waals surface area contributed by atoms with E-state index < -0.39 is 0 Å². The summed E-state index contributed by atoms with van der Waals surface area (Å²) in [5.41, 5.74) is 4.08. The lowest BCUT2D eigenvalue weighted by molar-refractivity contribution is -0.134. The lowest BCUT2D eigenvalue weighted by Crippen LogP contribution is -2.38. The summed E-state index contributed by atoms with van der Waals surface area (Å²) in [5, 5.41) is 1.15. The number of nitrogens with one attached hydrogen (secondary N) is 1. The van der Waals surface area contributed by atoms with Gasteiger partial charge < -0.3 is 14.6 Å². The van der Waals surface area contributed by atoms with Gasteiger partial charge in [0.2, 0.25) is 0 Å². The lowest BCUT2D eigenvalue weighted by Gasteiger charge is -2.27. The Morgan fingerprint density at radius 2 is 1.96 bits per heavy atom. The number of carbonyl (C=O) groups is 2. The van der Waals surface area contributed by atoms with E-state index >= 15 is 0 Å². The number of ketones is 1. The molecule has 0 radical (unpaired) electrons. The Morgan fingerprint density at radius 1 is 1.19 bits per heavy atom. The number of Topliss-reactive ketones (excluding diaryl/α,β-unsaturated/α-hetero) is 1. The van der Waals surface area contributed by atoms with Crippen LogP contribution in [0, 0.1) is 0 Å². The first-order valence-electron chi connectivity index (χ1n) is 8.82. The molecule has 1 aliphatic heterocycles. The number of benzene rings is 2. The number of H-pyrrole nitrogens is 1. The van der Waals surface area contributed by atoms with Crippen molar-refractivity contribution in [2.75, 3.05) is 13.2 Å². The topological polar surface area (TPSA) is 62.4 Å². The third-order valence-electron chi connectivity index (χ3n) is 4.94. The number of carbonyl (C=O) groups excluding carboxylic acids is 2. The number of hydrogen-bond donors (Lipinski definition) is 1. The number of amides is 1. The molecule has 0 fully saturated rings. The number of nitrogens with zero attached hydrogens (tertiary/aromatic N) is 1. The molecule has 0 unspecified atom stereocenters. The maximum atomic E-state index is 12.6. The predicted molar refractivity (Wildman–Crippen MR) is 107 cm³/mol. The zero-order valence-corrected chi connectivity index (χ0v) is 16.5. The van der Waals surface area contributed by atoms with Gasteiger partial charge in [0.25, 0.3) is 5.91 Å². The summed E-state index contributed by atoms with van der Waals surface area (Å²) in [5.74, 6) is 0.551. The second kappa shape index (κ2) is 7.19. The van der Waals surface area contributed by atoms with Gasteiger partial charge in [0.1, 0.15) is 5.75 Å². The molecule has 1 aliphatic rings. The van der Waals surface area contributed by atoms with Crippen LogP contribution < -0.4 is 4.74 Å². The van der Waals surface area contributed by atoms with E-state index in [-0.39, 0.29) is 18.3 Å². The molecular weight excluding hydrogens is 408 g/mol. The van der Waals surface area contributed by atoms with Crippen molar-refractivity contribution >= 4 is 38.5 Å². The van der Waals surface area contributed by atoms with E-state index in [4.69, 9.17) is 4.74 Å². The first-order chi connectivity index (χ1) is 13.0. The highest BCUT2D eigenvalue weighted by Gasteiger charge is 2.24. The van der Waals surface area contributed by atoms with Crippen molar-refractivity contribution in [2.45, 2.75) is 19.9 Å². The predicted octanol–water partition coefficient (Wildman–Crippen LogP) is 4.10. The molecular formula is C21H19BrN2O3. The van der Waals surface area contributed by atoms with Gasteiger partial charge in [0.15, 0.2) is 12.4 Å². The number of aromatic amines is 1. The van der Waals surface area contributed by atoms with Gasteiger partial charge in [-0.2, -0.15) is 0 Å². The highest BCUT2D eigenvalue weighted by Crippen LogP contribution is 2.31. The van der Waals surface area contributed by atoms with Gasteiger partial charge >= 0.3 is 0 Å². The molecule has 27 heavy (non-hydrogen) atoms. The van der Waals surface area contributed by atoms with E-state index in [2.05, 4.69) is 27.0 Å². The highest BCUT2D eigenvalue weighted by atomic mass is 79.9. The molecule has 0 saturated heterocycles. The van der Waals surface area contributed by atoms with Crippen LogP contribution in [0.5, 0.6) is 5.75 Å². The van der Waals surface area contributed by atoms with E-state index in [1.54, 1.807) is 24.3 Å². The second-order valence-electron chi connectivity index (χ2n) is 6.68. The average Bonchev–Trinajstić information content (AvgIpc) is 3.06. The quantitative estimate of drug-likeness (QED) is 0.638. The Labute approximate surface area is 165 Å². The van der Waals surface area contributed by atoms with Crippen LogP contribution in [0.2, 0.25) is 0 Å². The van der Waals surface area contributed by atoms with Gasteiger partial charge in [-0.1, -0.05) is 12.1 Å². The Hall–Kier alpha value is -2.60. The maximum Gasteiger partial charge on any atom is 0.260 e. The standard InChI is InChI=1S/C21H19BrN2O3/c1-13(25)14-5-7-15(8-6-14)27-12-20(26)24-10-9-19-17(11-24)16-3-2-4-18(22)21(16)23-19/h2-8,23H,9-12H2,1H3. The molecule has 2 heterocycles. The summed E-state index contributed by atoms with van der Waals surface area (Å²) in [4.78, 5) is 29.2. The Kier molecular flexibility index (Phi) is 4.74. The van der Waals surface area contributed by atoms with E-state index in [9.17, 15) is 9.59 Å². The minimum Gasteiger partial charge on any atom is -0.484 e. The number of hydrogen-bond acceptors (Lipinski definition) is 3. The minimum atomic E-state index is -0.0411. The van der Waals surface area contributed by atoms with Gasteiger partial charge in [-0.25, -0.2) is 0 Å². The smallest absolute Gasteiger partial charge is 0.260 e. The summed E-state index contributed by atoms with van der Waals surface area (Å²) in [6.45, 7) is 2.76. The third kappa shape index (κ3) is 3.49. The van der Waals surface area contributed by atoms with Crippen molar-refractivity contribution in [1.29, 1.82) is 0 Å². The van der Waals surface area contributed by atoms with Crippen molar-refractivity contribution in [1.82, 2.24) is 9.88 Å². The first-order valence-corrected chi connectivity index (χ1v) is 9.62. The first kappa shape index (κ1) is 17.8. The largest absolute Gasteiger partial charge is 0.484 e. The fraction of sp³-hybridized carbons (Fsp3) is 0.238. The lowest BCUT2D eigenvalue weighted by atomic mass is 10.0. The molecule has 2 aromatic carbocycles. The molecule has 0 bridgehead atoms. The molecule has 1 amide bonds. The van der Waals surface area contributed by atoms with Crippen LogP contribution >= 0.6 is 15.9 Å². The number of ether oxygens (including phenoxy) is 1. The zero-order chi connectivity index (χ0) is 19.0. The molecule has 0 aliphatic carbocycles. The summed E-state index contributed by atoms with van der Waals surface area (Å²) in [7, 11) is 0. The maximum absolute atomic E-state index is 12.6. The Morgan fingerprint density at radius 3 is 2.70 bits per heavy atom. The van der Waals surface area contributed by atoms with Crippen LogP contribution in [0.4, 0.5) is 0 Å². The van der Waals surface area contributed by atoms with Crippen LogP contribution in [0.1, 0.15) is 28.5 Å². The molecule has 0 saturated carbocycles. The van der Waals surface area contributed by atoms with Gasteiger partial charge in [-0.3, -0.25) is 9.59 Å². The molecule has 4 rings (SSSR count). The summed E-state index contributed by atoms with van der Waals surface area (Å²) >= 11 is 3.58. The van der Waals surface area contributed by atoms with Crippen molar-refractivity contribution in [3.8, 4) is 5.75 Å². The molecule has 5 nitrogen and oxygen atoms in total. The van der Waals surface area contributed by atoms with E-state index in [0.717, 1.165) is 21.8 Å². The number of aromatic nitrogens is 1. The van der Waals surface area contributed by atoms with E-state index in [1.807, 2.05) is 17.0 Å². The molecule has 1 aromatic heterocycles. The van der Waals surface area contributed by atoms with E-state index in [0.29, 0.717) is 24.4 Å². The Bertz CT molecular complexity index is 1020. The van der Waals surface area contributed by atoms with Crippen molar-refractivity contribution in [3.05, 3.63) is 63.8 Å².